The van der Waals surface area contributed by atoms with Crippen molar-refractivity contribution in [3.8, 4) is 0 Å². The summed E-state index contributed by atoms with van der Waals surface area (Å²) in [4.78, 5) is 29.7. The third-order valence-corrected chi connectivity index (χ3v) is 8.07. The largest absolute Gasteiger partial charge is 0.303 e. The molecule has 156 valence electrons. The van der Waals surface area contributed by atoms with E-state index in [1.807, 2.05) is 4.90 Å². The van der Waals surface area contributed by atoms with Gasteiger partial charge in [0.15, 0.2) is 0 Å². The molecule has 1 saturated heterocycles. The second-order valence-corrected chi connectivity index (χ2v) is 10.3. The molecule has 2 aromatic rings. The first kappa shape index (κ1) is 19.6. The average molecular weight is 425 g/mol. The number of halogens is 1. The van der Waals surface area contributed by atoms with Gasteiger partial charge in [-0.05, 0) is 74.1 Å². The molecule has 0 bridgehead atoms. The Morgan fingerprint density at radius 1 is 1.13 bits per heavy atom. The van der Waals surface area contributed by atoms with Crippen LogP contribution in [0.4, 0.5) is 15.8 Å². The molecule has 2 atom stereocenters. The highest BCUT2D eigenvalue weighted by Crippen LogP contribution is 2.61. The van der Waals surface area contributed by atoms with Gasteiger partial charge in [-0.3, -0.25) is 14.5 Å². The Bertz CT molecular complexity index is 1080. The van der Waals surface area contributed by atoms with Gasteiger partial charge in [0.05, 0.1) is 11.4 Å². The van der Waals surface area contributed by atoms with Crippen molar-refractivity contribution in [2.45, 2.75) is 56.9 Å². The quantitative estimate of drug-likeness (QED) is 0.685. The fourth-order valence-electron chi connectivity index (χ4n) is 5.45. The van der Waals surface area contributed by atoms with Crippen LogP contribution in [-0.4, -0.2) is 23.1 Å². The molecule has 5 rings (SSSR count). The maximum Gasteiger partial charge on any atom is 0.269 e. The molecule has 1 fully saturated rings. The van der Waals surface area contributed by atoms with Gasteiger partial charge in [-0.25, -0.2) is 4.39 Å². The van der Waals surface area contributed by atoms with Gasteiger partial charge in [-0.15, -0.1) is 11.8 Å². The van der Waals surface area contributed by atoms with Crippen molar-refractivity contribution in [2.24, 2.45) is 0 Å². The molecule has 3 aliphatic heterocycles. The predicted octanol–water partition coefficient (Wildman–Crippen LogP) is 4.95. The lowest BCUT2D eigenvalue weighted by atomic mass is 9.79. The normalized spacial score (nSPS) is 26.6. The third-order valence-electron chi connectivity index (χ3n) is 6.68. The molecule has 2 aromatic carbocycles. The number of thioether (sulfide) groups is 1. The summed E-state index contributed by atoms with van der Waals surface area (Å²) in [6.07, 6.45) is 1.72. The Labute approximate surface area is 180 Å². The Morgan fingerprint density at radius 2 is 1.83 bits per heavy atom. The lowest BCUT2D eigenvalue weighted by Crippen LogP contribution is -2.56. The number of aryl methyl sites for hydroxylation is 1. The molecule has 0 aromatic heterocycles. The Hall–Kier alpha value is -2.34. The zero-order valence-corrected chi connectivity index (χ0v) is 18.5. The van der Waals surface area contributed by atoms with E-state index in [9.17, 15) is 14.0 Å². The van der Waals surface area contributed by atoms with Crippen LogP contribution in [0.5, 0.6) is 0 Å². The number of amides is 2. The van der Waals surface area contributed by atoms with Crippen LogP contribution in [0.3, 0.4) is 0 Å². The number of rotatable bonds is 2. The molecule has 3 aliphatic rings. The summed E-state index contributed by atoms with van der Waals surface area (Å²) in [5.41, 5.74) is 4.44. The first-order chi connectivity index (χ1) is 14.2. The average Bonchev–Trinajstić information content (AvgIpc) is 3.17. The highest BCUT2D eigenvalue weighted by atomic mass is 32.2. The monoisotopic (exact) mass is 424 g/mol. The molecule has 6 heteroatoms. The molecule has 2 amide bonds. The van der Waals surface area contributed by atoms with E-state index in [2.05, 4.69) is 39.8 Å². The summed E-state index contributed by atoms with van der Waals surface area (Å²) in [7, 11) is 0. The van der Waals surface area contributed by atoms with Crippen molar-refractivity contribution < 1.29 is 14.0 Å². The van der Waals surface area contributed by atoms with Crippen LogP contribution in [-0.2, 0) is 20.9 Å². The minimum Gasteiger partial charge on any atom is -0.303 e. The second kappa shape index (κ2) is 6.33. The number of fused-ring (bicyclic) bond motifs is 1. The van der Waals surface area contributed by atoms with Gasteiger partial charge in [-0.2, -0.15) is 0 Å². The molecule has 0 saturated carbocycles. The number of nitrogens with zero attached hydrogens (tertiary/aromatic N) is 2. The molecule has 30 heavy (non-hydrogen) atoms. The van der Waals surface area contributed by atoms with Gasteiger partial charge in [0, 0.05) is 16.8 Å². The smallest absolute Gasteiger partial charge is 0.269 e. The van der Waals surface area contributed by atoms with Gasteiger partial charge in [0.2, 0.25) is 10.8 Å². The number of benzene rings is 2. The van der Waals surface area contributed by atoms with Gasteiger partial charge in [-0.1, -0.05) is 19.9 Å². The van der Waals surface area contributed by atoms with E-state index < -0.39 is 4.87 Å². The molecule has 1 spiro atoms. The van der Waals surface area contributed by atoms with Crippen molar-refractivity contribution in [1.82, 2.24) is 0 Å². The Kier molecular flexibility index (Phi) is 4.14. The molecule has 0 N–H and O–H groups in total. The maximum atomic E-state index is 14.2. The Balaban J connectivity index is 1.81. The highest BCUT2D eigenvalue weighted by Gasteiger charge is 2.64. The maximum absolute atomic E-state index is 14.2. The van der Waals surface area contributed by atoms with E-state index >= 15 is 0 Å². The predicted molar refractivity (Wildman–Crippen MR) is 118 cm³/mol. The van der Waals surface area contributed by atoms with Crippen LogP contribution in [0.15, 0.2) is 36.4 Å². The first-order valence-corrected chi connectivity index (χ1v) is 11.4. The van der Waals surface area contributed by atoms with Gasteiger partial charge < -0.3 is 4.90 Å². The molecule has 3 heterocycles. The zero-order chi connectivity index (χ0) is 21.4. The first-order valence-electron chi connectivity index (χ1n) is 10.4. The molecule has 0 unspecified atom stereocenters. The fourth-order valence-corrected chi connectivity index (χ4v) is 6.77. The van der Waals surface area contributed by atoms with Crippen LogP contribution < -0.4 is 9.80 Å². The molecular weight excluding hydrogens is 399 g/mol. The van der Waals surface area contributed by atoms with E-state index in [4.69, 9.17) is 0 Å². The fraction of sp³-hybridized carbons (Fsp3) is 0.417. The van der Waals surface area contributed by atoms with Crippen LogP contribution in [0.1, 0.15) is 56.7 Å². The number of carbonyl (C=O) groups is 2. The zero-order valence-electron chi connectivity index (χ0n) is 17.7. The summed E-state index contributed by atoms with van der Waals surface area (Å²) in [6, 6.07) is 10.2. The van der Waals surface area contributed by atoms with E-state index in [-0.39, 0.29) is 28.9 Å². The standard InChI is InChI=1S/C24H25FN2O2S/c1-5-15-10-18-14(2)12-23(3,4)27-21(18)19(11-15)24(22(27)29)26(20(28)13-30-24)17-8-6-16(25)7-9-17/h6-11,14H,5,12-13H2,1-4H3/t14-,24-/m1/s1. The molecular formula is C24H25FN2O2S. The summed E-state index contributed by atoms with van der Waals surface area (Å²) in [5, 5.41) is 0. The number of anilines is 2. The van der Waals surface area contributed by atoms with Gasteiger partial charge in [0.1, 0.15) is 5.82 Å². The van der Waals surface area contributed by atoms with Crippen molar-refractivity contribution >= 4 is 35.0 Å². The van der Waals surface area contributed by atoms with Crippen molar-refractivity contribution in [3.63, 3.8) is 0 Å². The Morgan fingerprint density at radius 3 is 2.50 bits per heavy atom. The SMILES string of the molecule is CCc1cc2c3c(c1)[C@@]1(SCC(=O)N1c1ccc(F)cc1)C(=O)N3C(C)(C)C[C@H]2C. The van der Waals surface area contributed by atoms with E-state index in [0.29, 0.717) is 11.6 Å². The lowest BCUT2D eigenvalue weighted by molar-refractivity contribution is -0.124. The summed E-state index contributed by atoms with van der Waals surface area (Å²) < 4.78 is 13.6. The van der Waals surface area contributed by atoms with E-state index in [1.165, 1.54) is 35.0 Å². The van der Waals surface area contributed by atoms with Crippen molar-refractivity contribution in [2.75, 3.05) is 15.6 Å². The van der Waals surface area contributed by atoms with Crippen molar-refractivity contribution in [1.29, 1.82) is 0 Å². The van der Waals surface area contributed by atoms with Crippen molar-refractivity contribution in [3.05, 3.63) is 58.9 Å². The summed E-state index contributed by atoms with van der Waals surface area (Å²) in [6.45, 7) is 8.53. The topological polar surface area (TPSA) is 40.6 Å². The summed E-state index contributed by atoms with van der Waals surface area (Å²) in [5.74, 6) is -0.0144. The van der Waals surface area contributed by atoms with Crippen LogP contribution in [0.25, 0.3) is 0 Å². The molecule has 0 radical (unpaired) electrons. The van der Waals surface area contributed by atoms with Gasteiger partial charge >= 0.3 is 0 Å². The minimum atomic E-state index is -1.13. The van der Waals surface area contributed by atoms with Crippen LogP contribution >= 0.6 is 11.8 Å². The minimum absolute atomic E-state index is 0.0657. The van der Waals surface area contributed by atoms with Crippen LogP contribution in [0, 0.1) is 5.82 Å². The highest BCUT2D eigenvalue weighted by molar-refractivity contribution is 8.02. The number of carbonyl (C=O) groups excluding carboxylic acids is 2. The molecule has 0 aliphatic carbocycles. The number of hydrogen-bond acceptors (Lipinski definition) is 3. The third kappa shape index (κ3) is 2.40. The molecule has 4 nitrogen and oxygen atoms in total. The van der Waals surface area contributed by atoms with Gasteiger partial charge in [0.25, 0.3) is 5.91 Å². The van der Waals surface area contributed by atoms with E-state index in [0.717, 1.165) is 24.1 Å². The number of hydrogen-bond donors (Lipinski definition) is 0. The second-order valence-electron chi connectivity index (χ2n) is 9.13. The van der Waals surface area contributed by atoms with Crippen LogP contribution in [0.2, 0.25) is 0 Å². The summed E-state index contributed by atoms with van der Waals surface area (Å²) >= 11 is 1.39. The lowest BCUT2D eigenvalue weighted by Gasteiger charge is -2.44. The van der Waals surface area contributed by atoms with E-state index in [1.54, 1.807) is 17.0 Å².